The quantitative estimate of drug-likeness (QED) is 0.640. The van der Waals surface area contributed by atoms with E-state index < -0.39 is 0 Å². The predicted molar refractivity (Wildman–Crippen MR) is 111 cm³/mol. The van der Waals surface area contributed by atoms with Gasteiger partial charge in [0, 0.05) is 30.1 Å². The first-order chi connectivity index (χ1) is 14.0. The molecule has 0 spiro atoms. The number of carbonyl (C=O) groups is 1. The Morgan fingerprint density at radius 1 is 1.31 bits per heavy atom. The number of amides is 1. The first-order valence-electron chi connectivity index (χ1n) is 10.4. The molecule has 1 heterocycles. The number of aromatic nitrogens is 1. The van der Waals surface area contributed by atoms with Crippen LogP contribution in [0.25, 0.3) is 10.2 Å². The Labute approximate surface area is 173 Å². The van der Waals surface area contributed by atoms with Gasteiger partial charge >= 0.3 is 0 Å². The van der Waals surface area contributed by atoms with E-state index in [9.17, 15) is 9.18 Å². The number of rotatable bonds is 7. The minimum atomic E-state index is -0.330. The molecule has 2 aliphatic rings. The number of hydrogen-bond donors (Lipinski definition) is 3. The maximum atomic E-state index is 13.7. The zero-order valence-electron chi connectivity index (χ0n) is 16.6. The fraction of sp³-hybridized carbons (Fsp3) is 0.619. The molecule has 29 heavy (non-hydrogen) atoms. The Balaban J connectivity index is 1.21. The number of fused-ring (bicyclic) bond motifs is 1. The van der Waals surface area contributed by atoms with E-state index in [4.69, 9.17) is 9.84 Å². The molecule has 2 aliphatic carbocycles. The lowest BCUT2D eigenvalue weighted by atomic mass is 9.81. The van der Waals surface area contributed by atoms with Gasteiger partial charge in [-0.05, 0) is 51.5 Å². The molecule has 6 nitrogen and oxygen atoms in total. The number of aliphatic hydroxyl groups excluding tert-OH is 1. The van der Waals surface area contributed by atoms with Crippen LogP contribution in [0, 0.1) is 11.7 Å². The maximum absolute atomic E-state index is 13.7. The van der Waals surface area contributed by atoms with Crippen molar-refractivity contribution in [1.82, 2.24) is 15.6 Å². The summed E-state index contributed by atoms with van der Waals surface area (Å²) in [6.07, 6.45) is 5.16. The number of aliphatic hydroxyl groups is 1. The van der Waals surface area contributed by atoms with Crippen molar-refractivity contribution in [2.75, 3.05) is 6.61 Å². The number of nitrogens with one attached hydrogen (secondary N) is 2. The van der Waals surface area contributed by atoms with Crippen LogP contribution in [0.4, 0.5) is 4.39 Å². The van der Waals surface area contributed by atoms with Crippen LogP contribution in [-0.2, 0) is 4.79 Å². The van der Waals surface area contributed by atoms with Gasteiger partial charge in [0.25, 0.3) is 0 Å². The molecule has 1 atom stereocenters. The minimum Gasteiger partial charge on any atom is -0.488 e. The van der Waals surface area contributed by atoms with Crippen LogP contribution < -0.4 is 15.4 Å². The average molecular weight is 422 g/mol. The zero-order chi connectivity index (χ0) is 20.4. The van der Waals surface area contributed by atoms with Gasteiger partial charge in [0.05, 0.1) is 16.8 Å². The van der Waals surface area contributed by atoms with Crippen molar-refractivity contribution in [3.63, 3.8) is 0 Å². The number of carbonyl (C=O) groups excluding carboxylic acids is 1. The van der Waals surface area contributed by atoms with Crippen LogP contribution in [0.5, 0.6) is 5.75 Å². The van der Waals surface area contributed by atoms with Gasteiger partial charge in [0.2, 0.25) is 5.91 Å². The molecule has 0 radical (unpaired) electrons. The Morgan fingerprint density at radius 3 is 2.76 bits per heavy atom. The van der Waals surface area contributed by atoms with E-state index in [1.807, 2.05) is 6.92 Å². The second kappa shape index (κ2) is 8.93. The maximum Gasteiger partial charge on any atom is 0.223 e. The van der Waals surface area contributed by atoms with E-state index in [-0.39, 0.29) is 42.4 Å². The van der Waals surface area contributed by atoms with Crippen molar-refractivity contribution in [2.45, 2.75) is 69.7 Å². The Kier molecular flexibility index (Phi) is 6.32. The van der Waals surface area contributed by atoms with Gasteiger partial charge in [-0.1, -0.05) is 0 Å². The molecule has 0 saturated heterocycles. The molecule has 0 bridgehead atoms. The highest BCUT2D eigenvalue weighted by Gasteiger charge is 2.37. The molecule has 3 N–H and O–H groups in total. The van der Waals surface area contributed by atoms with Crippen molar-refractivity contribution >= 4 is 27.5 Å². The summed E-state index contributed by atoms with van der Waals surface area (Å²) >= 11 is 1.39. The third-order valence-electron chi connectivity index (χ3n) is 5.99. The number of benzene rings is 1. The van der Waals surface area contributed by atoms with E-state index in [1.165, 1.54) is 23.5 Å². The third kappa shape index (κ3) is 4.87. The first kappa shape index (κ1) is 20.5. The highest BCUT2D eigenvalue weighted by molar-refractivity contribution is 7.16. The standard InChI is InChI=1S/C21H28FN3O3S/c1-12(10-26)24-15-2-4-16(5-3-15)25-21(27)13-6-17(7-13)28-18-8-14(22)9-19-20(18)23-11-29-19/h8-9,11-13,15-17,24,26H,2-7,10H2,1H3,(H,25,27)/t12?,13-,15-,16-,17-. The summed E-state index contributed by atoms with van der Waals surface area (Å²) in [6.45, 7) is 2.12. The smallest absolute Gasteiger partial charge is 0.223 e. The van der Waals surface area contributed by atoms with E-state index in [2.05, 4.69) is 15.6 Å². The van der Waals surface area contributed by atoms with Crippen molar-refractivity contribution < 1.29 is 19.0 Å². The summed E-state index contributed by atoms with van der Waals surface area (Å²) in [7, 11) is 0. The van der Waals surface area contributed by atoms with Crippen LogP contribution in [0.15, 0.2) is 17.6 Å². The summed E-state index contributed by atoms with van der Waals surface area (Å²) in [5.41, 5.74) is 2.37. The van der Waals surface area contributed by atoms with Crippen LogP contribution >= 0.6 is 11.3 Å². The number of thiazole rings is 1. The molecule has 8 heteroatoms. The molecule has 0 aliphatic heterocycles. The highest BCUT2D eigenvalue weighted by atomic mass is 32.1. The Morgan fingerprint density at radius 2 is 2.03 bits per heavy atom. The van der Waals surface area contributed by atoms with Gasteiger partial charge in [0.1, 0.15) is 23.2 Å². The lowest BCUT2D eigenvalue weighted by molar-refractivity contribution is -0.131. The average Bonchev–Trinajstić information content (AvgIpc) is 3.14. The fourth-order valence-corrected chi connectivity index (χ4v) is 4.94. The van der Waals surface area contributed by atoms with Crippen LogP contribution in [0.2, 0.25) is 0 Å². The summed E-state index contributed by atoms with van der Waals surface area (Å²) in [6, 6.07) is 3.59. The lowest BCUT2D eigenvalue weighted by Crippen LogP contribution is -2.49. The Bertz CT molecular complexity index is 847. The highest BCUT2D eigenvalue weighted by Crippen LogP contribution is 2.36. The fourth-order valence-electron chi connectivity index (χ4n) is 4.23. The molecule has 2 fully saturated rings. The molecule has 1 aromatic carbocycles. The van der Waals surface area contributed by atoms with Crippen molar-refractivity contribution in [1.29, 1.82) is 0 Å². The molecule has 1 unspecified atom stereocenters. The number of hydrogen-bond acceptors (Lipinski definition) is 6. The lowest BCUT2D eigenvalue weighted by Gasteiger charge is -2.36. The second-order valence-corrected chi connectivity index (χ2v) is 9.20. The molecule has 158 valence electrons. The van der Waals surface area contributed by atoms with Crippen molar-refractivity contribution in [3.05, 3.63) is 23.5 Å². The molecular weight excluding hydrogens is 393 g/mol. The molecule has 4 rings (SSSR count). The summed E-state index contributed by atoms with van der Waals surface area (Å²) in [5, 5.41) is 15.8. The zero-order valence-corrected chi connectivity index (χ0v) is 17.4. The van der Waals surface area contributed by atoms with E-state index in [0.717, 1.165) is 30.4 Å². The molecule has 2 aromatic rings. The monoisotopic (exact) mass is 421 g/mol. The third-order valence-corrected chi connectivity index (χ3v) is 6.77. The van der Waals surface area contributed by atoms with Gasteiger partial charge in [-0.15, -0.1) is 11.3 Å². The van der Waals surface area contributed by atoms with Crippen molar-refractivity contribution in [3.8, 4) is 5.75 Å². The predicted octanol–water partition coefficient (Wildman–Crippen LogP) is 2.99. The summed E-state index contributed by atoms with van der Waals surface area (Å²) in [5.74, 6) is 0.199. The number of ether oxygens (including phenoxy) is 1. The van der Waals surface area contributed by atoms with E-state index in [0.29, 0.717) is 30.1 Å². The molecule has 2 saturated carbocycles. The van der Waals surface area contributed by atoms with Gasteiger partial charge < -0.3 is 20.5 Å². The van der Waals surface area contributed by atoms with Gasteiger partial charge in [-0.25, -0.2) is 9.37 Å². The van der Waals surface area contributed by atoms with Crippen LogP contribution in [-0.4, -0.2) is 46.8 Å². The van der Waals surface area contributed by atoms with Gasteiger partial charge in [-0.3, -0.25) is 4.79 Å². The normalized spacial score (nSPS) is 28.0. The topological polar surface area (TPSA) is 83.5 Å². The van der Waals surface area contributed by atoms with Crippen LogP contribution in [0.1, 0.15) is 45.4 Å². The number of halogens is 1. The number of nitrogens with zero attached hydrogens (tertiary/aromatic N) is 1. The van der Waals surface area contributed by atoms with Gasteiger partial charge in [0.15, 0.2) is 0 Å². The SMILES string of the molecule is CC(CO)N[C@H]1CC[C@H](NC(=O)[C@H]2C[C@H](Oc3cc(F)cc4scnc34)C2)CC1. The van der Waals surface area contributed by atoms with Gasteiger partial charge in [-0.2, -0.15) is 0 Å². The van der Waals surface area contributed by atoms with Crippen molar-refractivity contribution in [2.24, 2.45) is 5.92 Å². The summed E-state index contributed by atoms with van der Waals surface area (Å²) in [4.78, 5) is 16.8. The molecule has 1 amide bonds. The second-order valence-electron chi connectivity index (χ2n) is 8.32. The van der Waals surface area contributed by atoms with E-state index in [1.54, 1.807) is 5.51 Å². The largest absolute Gasteiger partial charge is 0.488 e. The Hall–Kier alpha value is -1.77. The van der Waals surface area contributed by atoms with E-state index >= 15 is 0 Å². The first-order valence-corrected chi connectivity index (χ1v) is 11.3. The summed E-state index contributed by atoms with van der Waals surface area (Å²) < 4.78 is 20.4. The minimum absolute atomic E-state index is 0.0373. The van der Waals surface area contributed by atoms with Crippen LogP contribution in [0.3, 0.4) is 0 Å². The molecule has 1 aromatic heterocycles. The molecular formula is C21H28FN3O3S.